The molecule has 3 nitrogen and oxygen atoms in total. The van der Waals surface area contributed by atoms with Gasteiger partial charge in [0, 0.05) is 0 Å². The third-order valence-electron chi connectivity index (χ3n) is 4.01. The van der Waals surface area contributed by atoms with Crippen LogP contribution in [0.15, 0.2) is 36.4 Å². The molecule has 124 valence electrons. The van der Waals surface area contributed by atoms with Gasteiger partial charge in [0.25, 0.3) is 0 Å². The summed E-state index contributed by atoms with van der Waals surface area (Å²) in [7, 11) is -2.02. The molecular formula is C19H25O3P. The van der Waals surface area contributed by atoms with Crippen LogP contribution in [0.25, 0.3) is 0 Å². The number of rotatable bonds is 6. The van der Waals surface area contributed by atoms with Crippen molar-refractivity contribution in [2.45, 2.75) is 40.0 Å². The van der Waals surface area contributed by atoms with E-state index in [0.717, 1.165) is 17.5 Å². The summed E-state index contributed by atoms with van der Waals surface area (Å²) in [6, 6.07) is 12.7. The zero-order valence-electron chi connectivity index (χ0n) is 14.2. The number of ether oxygens (including phenoxy) is 1. The summed E-state index contributed by atoms with van der Waals surface area (Å²) in [5, 5.41) is 0. The van der Waals surface area contributed by atoms with Crippen molar-refractivity contribution in [3.05, 3.63) is 64.2 Å². The number of hydrogen-bond acceptors (Lipinski definition) is 3. The molecule has 0 unspecified atom stereocenters. The van der Waals surface area contributed by atoms with Gasteiger partial charge in [-0.15, -0.1) is 0 Å². The molecular weight excluding hydrogens is 307 g/mol. The van der Waals surface area contributed by atoms with Gasteiger partial charge in [-0.25, -0.2) is 0 Å². The monoisotopic (exact) mass is 332 g/mol. The second-order valence-corrected chi connectivity index (χ2v) is 7.26. The lowest BCUT2D eigenvalue weighted by Gasteiger charge is -2.15. The van der Waals surface area contributed by atoms with E-state index in [1.165, 1.54) is 16.7 Å². The highest BCUT2D eigenvalue weighted by molar-refractivity contribution is 7.44. The molecule has 2 N–H and O–H groups in total. The van der Waals surface area contributed by atoms with Crippen LogP contribution in [0.2, 0.25) is 0 Å². The summed E-state index contributed by atoms with van der Waals surface area (Å²) < 4.78 is 5.41. The van der Waals surface area contributed by atoms with E-state index in [2.05, 4.69) is 52.0 Å². The summed E-state index contributed by atoms with van der Waals surface area (Å²) in [6.07, 6.45) is 0.842. The summed E-state index contributed by atoms with van der Waals surface area (Å²) >= 11 is 0. The van der Waals surface area contributed by atoms with Crippen molar-refractivity contribution >= 4 is 8.38 Å². The summed E-state index contributed by atoms with van der Waals surface area (Å²) in [4.78, 5) is 17.9. The van der Waals surface area contributed by atoms with Crippen molar-refractivity contribution in [3.8, 4) is 5.75 Å². The average molecular weight is 332 g/mol. The molecule has 4 heteroatoms. The molecule has 23 heavy (non-hydrogen) atoms. The van der Waals surface area contributed by atoms with E-state index in [1.54, 1.807) is 0 Å². The number of aryl methyl sites for hydroxylation is 2. The van der Waals surface area contributed by atoms with E-state index >= 15 is 0 Å². The van der Waals surface area contributed by atoms with Gasteiger partial charge in [0.2, 0.25) is 8.38 Å². The number of benzene rings is 2. The first kappa shape index (κ1) is 17.9. The van der Waals surface area contributed by atoms with Crippen molar-refractivity contribution in [1.82, 2.24) is 0 Å². The van der Waals surface area contributed by atoms with Crippen molar-refractivity contribution < 1.29 is 14.5 Å². The van der Waals surface area contributed by atoms with Gasteiger partial charge < -0.3 is 14.5 Å². The molecule has 0 saturated heterocycles. The van der Waals surface area contributed by atoms with Gasteiger partial charge in [-0.3, -0.25) is 0 Å². The highest BCUT2D eigenvalue weighted by Gasteiger charge is 2.09. The Morgan fingerprint density at radius 2 is 1.70 bits per heavy atom. The summed E-state index contributed by atoms with van der Waals surface area (Å²) in [6.45, 7) is 8.56. The Morgan fingerprint density at radius 1 is 1.04 bits per heavy atom. The third-order valence-corrected chi connectivity index (χ3v) is 4.37. The van der Waals surface area contributed by atoms with Crippen LogP contribution in [0.5, 0.6) is 5.75 Å². The SMILES string of the molecule is Cc1cc(OCP(O)O)cc(C)c1Cc1cccc(C(C)C)c1. The average Bonchev–Trinajstić information content (AvgIpc) is 2.49. The van der Waals surface area contributed by atoms with Crippen molar-refractivity contribution in [3.63, 3.8) is 0 Å². The Kier molecular flexibility index (Phi) is 6.17. The summed E-state index contributed by atoms with van der Waals surface area (Å²) in [5.74, 6) is 1.22. The van der Waals surface area contributed by atoms with Crippen molar-refractivity contribution in [1.29, 1.82) is 0 Å². The van der Waals surface area contributed by atoms with E-state index in [4.69, 9.17) is 14.5 Å². The molecule has 0 spiro atoms. The first-order valence-corrected chi connectivity index (χ1v) is 9.27. The third kappa shape index (κ3) is 5.04. The molecule has 0 saturated carbocycles. The van der Waals surface area contributed by atoms with E-state index in [9.17, 15) is 0 Å². The zero-order chi connectivity index (χ0) is 17.0. The molecule has 0 fully saturated rings. The van der Waals surface area contributed by atoms with Crippen molar-refractivity contribution in [2.75, 3.05) is 6.35 Å². The molecule has 0 aliphatic heterocycles. The van der Waals surface area contributed by atoms with Gasteiger partial charge in [-0.1, -0.05) is 38.1 Å². The molecule has 0 bridgehead atoms. The van der Waals surface area contributed by atoms with E-state index in [1.807, 2.05) is 12.1 Å². The molecule has 0 atom stereocenters. The van der Waals surface area contributed by atoms with E-state index in [0.29, 0.717) is 11.7 Å². The summed E-state index contributed by atoms with van der Waals surface area (Å²) in [5.41, 5.74) is 6.29. The van der Waals surface area contributed by atoms with Gasteiger partial charge in [-0.05, 0) is 66.1 Å². The highest BCUT2D eigenvalue weighted by Crippen LogP contribution is 2.28. The van der Waals surface area contributed by atoms with Crippen LogP contribution in [0.1, 0.15) is 47.6 Å². The molecule has 0 aliphatic rings. The second kappa shape index (κ2) is 7.92. The van der Waals surface area contributed by atoms with Crippen LogP contribution in [0.4, 0.5) is 0 Å². The maximum Gasteiger partial charge on any atom is 0.205 e. The Hall–Kier alpha value is -1.41. The fourth-order valence-corrected chi connectivity index (χ4v) is 2.98. The van der Waals surface area contributed by atoms with Crippen LogP contribution >= 0.6 is 8.38 Å². The standard InChI is InChI=1S/C19H25O3P/c1-13(2)17-7-5-6-16(10-17)11-19-14(3)8-18(9-15(19)4)22-12-23(20)21/h5-10,13,20-21H,11-12H2,1-4H3. The van der Waals surface area contributed by atoms with Gasteiger partial charge in [-0.2, -0.15) is 0 Å². The maximum absolute atomic E-state index is 8.97. The Morgan fingerprint density at radius 3 is 2.26 bits per heavy atom. The quantitative estimate of drug-likeness (QED) is 0.757. The maximum atomic E-state index is 8.97. The fraction of sp³-hybridized carbons (Fsp3) is 0.368. The van der Waals surface area contributed by atoms with Crippen LogP contribution in [-0.4, -0.2) is 16.1 Å². The lowest BCUT2D eigenvalue weighted by atomic mass is 9.93. The van der Waals surface area contributed by atoms with Crippen molar-refractivity contribution in [2.24, 2.45) is 0 Å². The van der Waals surface area contributed by atoms with E-state index in [-0.39, 0.29) is 6.35 Å². The molecule has 0 amide bonds. The Labute approximate surface area is 139 Å². The smallest absolute Gasteiger partial charge is 0.205 e. The normalized spacial score (nSPS) is 11.3. The minimum Gasteiger partial charge on any atom is -0.484 e. The lowest BCUT2D eigenvalue weighted by Crippen LogP contribution is -2.00. The topological polar surface area (TPSA) is 49.7 Å². The molecule has 0 aromatic heterocycles. The minimum atomic E-state index is -2.02. The Bertz CT molecular complexity index is 642. The molecule has 2 aromatic rings. The van der Waals surface area contributed by atoms with Gasteiger partial charge in [0.05, 0.1) is 0 Å². The zero-order valence-corrected chi connectivity index (χ0v) is 15.1. The molecule has 0 radical (unpaired) electrons. The predicted octanol–water partition coefficient (Wildman–Crippen LogP) is 4.65. The fourth-order valence-electron chi connectivity index (χ4n) is 2.71. The lowest BCUT2D eigenvalue weighted by molar-refractivity contribution is 0.347. The van der Waals surface area contributed by atoms with E-state index < -0.39 is 8.38 Å². The first-order valence-electron chi connectivity index (χ1n) is 7.84. The predicted molar refractivity (Wildman–Crippen MR) is 96.1 cm³/mol. The van der Waals surface area contributed by atoms with Gasteiger partial charge in [0.15, 0.2) is 6.35 Å². The highest BCUT2D eigenvalue weighted by atomic mass is 31.2. The largest absolute Gasteiger partial charge is 0.484 e. The van der Waals surface area contributed by atoms with Gasteiger partial charge >= 0.3 is 0 Å². The Balaban J connectivity index is 2.21. The van der Waals surface area contributed by atoms with Crippen LogP contribution in [-0.2, 0) is 6.42 Å². The van der Waals surface area contributed by atoms with Gasteiger partial charge in [0.1, 0.15) is 5.75 Å². The van der Waals surface area contributed by atoms with Crippen LogP contribution in [0.3, 0.4) is 0 Å². The molecule has 0 aliphatic carbocycles. The molecule has 0 heterocycles. The molecule has 2 rings (SSSR count). The first-order chi connectivity index (χ1) is 10.9. The number of hydrogen-bond donors (Lipinski definition) is 2. The molecule has 2 aromatic carbocycles. The minimum absolute atomic E-state index is 0.0516. The van der Waals surface area contributed by atoms with Crippen LogP contribution in [0, 0.1) is 13.8 Å². The van der Waals surface area contributed by atoms with Crippen LogP contribution < -0.4 is 4.74 Å². The second-order valence-electron chi connectivity index (χ2n) is 6.26.